The topological polar surface area (TPSA) is 3.24 Å². The van der Waals surface area contributed by atoms with E-state index in [1.165, 1.54) is 16.8 Å². The van der Waals surface area contributed by atoms with Crippen LogP contribution in [-0.2, 0) is 0 Å². The standard InChI is InChI=1S/C36H35N/c1-28-16-20-32(21-17-28)34-12-8-10-24-37(36-14-6-5-7-15-36)25-11-9-13-35(27-31(4)30(3)26-34)33-22-18-29(2)19-23-33/h5-7,10-18,20-23,26-27,29H,3-4,19,24-25H2,1-2H3/b34-26+,35-27+. The van der Waals surface area contributed by atoms with E-state index in [2.05, 4.69) is 141 Å². The molecule has 184 valence electrons. The average Bonchev–Trinajstić information content (AvgIpc) is 2.92. The van der Waals surface area contributed by atoms with Crippen molar-refractivity contribution >= 4 is 11.3 Å². The van der Waals surface area contributed by atoms with E-state index in [-0.39, 0.29) is 0 Å². The van der Waals surface area contributed by atoms with Gasteiger partial charge in [0.15, 0.2) is 0 Å². The van der Waals surface area contributed by atoms with Crippen molar-refractivity contribution < 1.29 is 0 Å². The fourth-order valence-electron chi connectivity index (χ4n) is 4.21. The van der Waals surface area contributed by atoms with Crippen LogP contribution in [-0.4, -0.2) is 13.1 Å². The van der Waals surface area contributed by atoms with Gasteiger partial charge in [0, 0.05) is 18.8 Å². The van der Waals surface area contributed by atoms with Crippen molar-refractivity contribution in [1.29, 1.82) is 0 Å². The molecule has 0 aromatic heterocycles. The molecule has 1 nitrogen and oxygen atoms in total. The molecule has 0 amide bonds. The number of hydrogen-bond acceptors (Lipinski definition) is 1. The zero-order valence-electron chi connectivity index (χ0n) is 22.0. The van der Waals surface area contributed by atoms with Crippen LogP contribution in [0.1, 0.15) is 24.5 Å². The average molecular weight is 482 g/mol. The van der Waals surface area contributed by atoms with Gasteiger partial charge in [-0.15, -0.1) is 11.5 Å². The minimum absolute atomic E-state index is 0.558. The number of nitrogens with zero attached hydrogens (tertiary/aromatic N) is 1. The molecule has 0 bridgehead atoms. The summed E-state index contributed by atoms with van der Waals surface area (Å²) in [6, 6.07) is 19.0. The predicted molar refractivity (Wildman–Crippen MR) is 160 cm³/mol. The van der Waals surface area contributed by atoms with E-state index in [0.717, 1.165) is 47.4 Å². The van der Waals surface area contributed by atoms with Gasteiger partial charge in [0.25, 0.3) is 0 Å². The molecule has 0 fully saturated rings. The maximum Gasteiger partial charge on any atom is 0.0437 e. The molecule has 2 aromatic carbocycles. The molecule has 1 atom stereocenters. The summed E-state index contributed by atoms with van der Waals surface area (Å²) in [5.74, 6) is 0.558. The Morgan fingerprint density at radius 3 is 2.03 bits per heavy atom. The maximum atomic E-state index is 4.36. The first-order chi connectivity index (χ1) is 18.0. The van der Waals surface area contributed by atoms with Gasteiger partial charge in [-0.05, 0) is 101 Å². The minimum atomic E-state index is 0.558. The van der Waals surface area contributed by atoms with E-state index in [9.17, 15) is 0 Å². The second-order valence-electron chi connectivity index (χ2n) is 9.62. The molecule has 1 heterocycles. The smallest absolute Gasteiger partial charge is 0.0437 e. The molecular formula is C36H35N. The Balaban J connectivity index is 1.78. The summed E-state index contributed by atoms with van der Waals surface area (Å²) in [6.45, 7) is 14.5. The van der Waals surface area contributed by atoms with Gasteiger partial charge in [-0.3, -0.25) is 0 Å². The first-order valence-corrected chi connectivity index (χ1v) is 12.9. The lowest BCUT2D eigenvalue weighted by atomic mass is 9.92. The van der Waals surface area contributed by atoms with Gasteiger partial charge in [0.2, 0.25) is 0 Å². The molecule has 37 heavy (non-hydrogen) atoms. The van der Waals surface area contributed by atoms with E-state index in [1.807, 2.05) is 12.1 Å². The fraction of sp³-hybridized carbons (Fsp3) is 0.167. The Bertz CT molecular complexity index is 1390. The third kappa shape index (κ3) is 7.35. The van der Waals surface area contributed by atoms with E-state index in [0.29, 0.717) is 5.92 Å². The SMILES string of the molecule is C=C1/C=C(/C2=CCC(C)C=C2)C=C=CCN(c2ccccc2)CC=C=C/C(c2ccc(C)cc2)=C\C1=C. The highest BCUT2D eigenvalue weighted by Crippen LogP contribution is 2.26. The molecule has 0 N–H and O–H groups in total. The number of para-hydroxylation sites is 1. The van der Waals surface area contributed by atoms with Crippen molar-refractivity contribution in [3.8, 4) is 0 Å². The molecule has 0 saturated carbocycles. The van der Waals surface area contributed by atoms with Gasteiger partial charge in [-0.2, -0.15) is 0 Å². The molecule has 1 aliphatic carbocycles. The molecular weight excluding hydrogens is 446 g/mol. The summed E-state index contributed by atoms with van der Waals surface area (Å²) >= 11 is 0. The highest BCUT2D eigenvalue weighted by molar-refractivity contribution is 5.77. The van der Waals surface area contributed by atoms with E-state index in [1.54, 1.807) is 0 Å². The molecule has 2 aliphatic rings. The normalized spacial score (nSPS) is 21.5. The van der Waals surface area contributed by atoms with Gasteiger partial charge in [0.05, 0.1) is 0 Å². The lowest BCUT2D eigenvalue weighted by Crippen LogP contribution is -2.22. The van der Waals surface area contributed by atoms with Crippen LogP contribution in [0.5, 0.6) is 0 Å². The largest absolute Gasteiger partial charge is 0.363 e. The highest BCUT2D eigenvalue weighted by Gasteiger charge is 2.09. The molecule has 0 saturated heterocycles. The molecule has 1 heteroatoms. The number of anilines is 1. The Hall–Kier alpha value is -4.28. The van der Waals surface area contributed by atoms with Crippen molar-refractivity contribution in [1.82, 2.24) is 0 Å². The van der Waals surface area contributed by atoms with Crippen molar-refractivity contribution in [2.45, 2.75) is 20.3 Å². The number of benzene rings is 2. The molecule has 1 aliphatic heterocycles. The first-order valence-electron chi connectivity index (χ1n) is 12.9. The van der Waals surface area contributed by atoms with Crippen LogP contribution < -0.4 is 4.90 Å². The summed E-state index contributed by atoms with van der Waals surface area (Å²) < 4.78 is 0. The lowest BCUT2D eigenvalue weighted by molar-refractivity contribution is 0.732. The maximum absolute atomic E-state index is 4.36. The number of hydrogen-bond donors (Lipinski definition) is 0. The third-order valence-electron chi connectivity index (χ3n) is 6.56. The Morgan fingerprint density at radius 1 is 0.784 bits per heavy atom. The third-order valence-corrected chi connectivity index (χ3v) is 6.56. The summed E-state index contributed by atoms with van der Waals surface area (Å²) in [5, 5.41) is 0. The van der Waals surface area contributed by atoms with E-state index >= 15 is 0 Å². The monoisotopic (exact) mass is 481 g/mol. The van der Waals surface area contributed by atoms with Gasteiger partial charge in [0.1, 0.15) is 0 Å². The van der Waals surface area contributed by atoms with Crippen LogP contribution in [0.4, 0.5) is 5.69 Å². The van der Waals surface area contributed by atoms with Crippen molar-refractivity contribution in [3.05, 3.63) is 167 Å². The minimum Gasteiger partial charge on any atom is -0.363 e. The predicted octanol–water partition coefficient (Wildman–Crippen LogP) is 8.88. The first kappa shape index (κ1) is 25.8. The van der Waals surface area contributed by atoms with Crippen LogP contribution in [0, 0.1) is 12.8 Å². The van der Waals surface area contributed by atoms with Crippen molar-refractivity contribution in [2.75, 3.05) is 18.0 Å². The Morgan fingerprint density at radius 2 is 1.41 bits per heavy atom. The summed E-state index contributed by atoms with van der Waals surface area (Å²) in [6.07, 6.45) is 20.3. The number of rotatable bonds is 3. The van der Waals surface area contributed by atoms with Crippen LogP contribution in [0.3, 0.4) is 0 Å². The zero-order valence-corrected chi connectivity index (χ0v) is 22.0. The summed E-state index contributed by atoms with van der Waals surface area (Å²) in [5.41, 5.74) is 15.5. The zero-order chi connectivity index (χ0) is 26.0. The Kier molecular flexibility index (Phi) is 8.79. The lowest BCUT2D eigenvalue weighted by Gasteiger charge is -2.20. The molecule has 2 aromatic rings. The van der Waals surface area contributed by atoms with Crippen LogP contribution in [0.15, 0.2) is 156 Å². The van der Waals surface area contributed by atoms with E-state index < -0.39 is 0 Å². The Labute approximate surface area is 222 Å². The van der Waals surface area contributed by atoms with Crippen LogP contribution >= 0.6 is 0 Å². The molecule has 0 spiro atoms. The number of allylic oxidation sites excluding steroid dienone is 10. The van der Waals surface area contributed by atoms with E-state index in [4.69, 9.17) is 0 Å². The molecule has 1 unspecified atom stereocenters. The van der Waals surface area contributed by atoms with Crippen molar-refractivity contribution in [3.63, 3.8) is 0 Å². The molecule has 0 radical (unpaired) electrons. The van der Waals surface area contributed by atoms with Crippen LogP contribution in [0.2, 0.25) is 0 Å². The summed E-state index contributed by atoms with van der Waals surface area (Å²) in [4.78, 5) is 2.30. The van der Waals surface area contributed by atoms with Gasteiger partial charge >= 0.3 is 0 Å². The van der Waals surface area contributed by atoms with Crippen molar-refractivity contribution in [2.24, 2.45) is 5.92 Å². The quantitative estimate of drug-likeness (QED) is 0.396. The molecule has 4 rings (SSSR count). The van der Waals surface area contributed by atoms with Gasteiger partial charge in [-0.1, -0.05) is 86.3 Å². The second-order valence-corrected chi connectivity index (χ2v) is 9.62. The summed E-state index contributed by atoms with van der Waals surface area (Å²) in [7, 11) is 0. The second kappa shape index (κ2) is 12.6. The number of aryl methyl sites for hydroxylation is 1. The van der Waals surface area contributed by atoms with Gasteiger partial charge in [-0.25, -0.2) is 0 Å². The van der Waals surface area contributed by atoms with Crippen LogP contribution in [0.25, 0.3) is 5.57 Å². The van der Waals surface area contributed by atoms with Gasteiger partial charge < -0.3 is 4.90 Å². The highest BCUT2D eigenvalue weighted by atomic mass is 15.1. The fourth-order valence-corrected chi connectivity index (χ4v) is 4.21.